The molecule has 14 heavy (non-hydrogen) atoms. The van der Waals surface area contributed by atoms with E-state index >= 15 is 0 Å². The minimum atomic E-state index is -0.782. The SMILES string of the molecule is CCC(Cc1cccc(O)c1)C(=O)O. The molecule has 0 aromatic heterocycles. The monoisotopic (exact) mass is 194 g/mol. The lowest BCUT2D eigenvalue weighted by atomic mass is 9.97. The number of benzene rings is 1. The summed E-state index contributed by atoms with van der Waals surface area (Å²) in [6.07, 6.45) is 1.07. The molecule has 0 radical (unpaired) electrons. The van der Waals surface area contributed by atoms with E-state index in [4.69, 9.17) is 5.11 Å². The molecule has 76 valence electrons. The average molecular weight is 194 g/mol. The molecule has 1 aromatic carbocycles. The van der Waals surface area contributed by atoms with Gasteiger partial charge in [-0.2, -0.15) is 0 Å². The lowest BCUT2D eigenvalue weighted by Crippen LogP contribution is -2.15. The fourth-order valence-corrected chi connectivity index (χ4v) is 1.37. The Balaban J connectivity index is 2.72. The minimum Gasteiger partial charge on any atom is -0.508 e. The Labute approximate surface area is 83.0 Å². The third-order valence-electron chi connectivity index (χ3n) is 2.23. The van der Waals surface area contributed by atoms with Crippen molar-refractivity contribution in [3.8, 4) is 5.75 Å². The Kier molecular flexibility index (Phi) is 3.51. The number of aliphatic carboxylic acids is 1. The summed E-state index contributed by atoms with van der Waals surface area (Å²) in [4.78, 5) is 10.8. The summed E-state index contributed by atoms with van der Waals surface area (Å²) in [7, 11) is 0. The van der Waals surface area contributed by atoms with Crippen LogP contribution < -0.4 is 0 Å². The first kappa shape index (κ1) is 10.6. The van der Waals surface area contributed by atoms with Gasteiger partial charge in [0.1, 0.15) is 5.75 Å². The first-order valence-corrected chi connectivity index (χ1v) is 4.64. The van der Waals surface area contributed by atoms with E-state index in [1.807, 2.05) is 13.0 Å². The Morgan fingerprint density at radius 1 is 1.50 bits per heavy atom. The predicted octanol–water partition coefficient (Wildman–Crippen LogP) is 2.05. The molecule has 0 saturated heterocycles. The van der Waals surface area contributed by atoms with Crippen molar-refractivity contribution in [3.05, 3.63) is 29.8 Å². The van der Waals surface area contributed by atoms with Gasteiger partial charge >= 0.3 is 5.97 Å². The van der Waals surface area contributed by atoms with E-state index in [-0.39, 0.29) is 11.7 Å². The molecule has 0 bridgehead atoms. The highest BCUT2D eigenvalue weighted by Crippen LogP contribution is 2.16. The van der Waals surface area contributed by atoms with E-state index in [0.29, 0.717) is 12.8 Å². The topological polar surface area (TPSA) is 57.5 Å². The number of hydrogen-bond donors (Lipinski definition) is 2. The van der Waals surface area contributed by atoms with Crippen LogP contribution in [0.3, 0.4) is 0 Å². The van der Waals surface area contributed by atoms with Gasteiger partial charge in [-0.1, -0.05) is 19.1 Å². The summed E-state index contributed by atoms with van der Waals surface area (Å²) in [5, 5.41) is 18.0. The second-order valence-electron chi connectivity index (χ2n) is 3.32. The van der Waals surface area contributed by atoms with Gasteiger partial charge in [-0.15, -0.1) is 0 Å². The molecule has 1 atom stereocenters. The van der Waals surface area contributed by atoms with E-state index in [9.17, 15) is 9.90 Å². The molecule has 3 nitrogen and oxygen atoms in total. The van der Waals surface area contributed by atoms with Gasteiger partial charge in [-0.3, -0.25) is 4.79 Å². The van der Waals surface area contributed by atoms with Crippen molar-refractivity contribution in [2.75, 3.05) is 0 Å². The number of carboxylic acids is 1. The highest BCUT2D eigenvalue weighted by molar-refractivity contribution is 5.70. The van der Waals surface area contributed by atoms with Crippen LogP contribution in [0.4, 0.5) is 0 Å². The number of hydrogen-bond acceptors (Lipinski definition) is 2. The van der Waals surface area contributed by atoms with Gasteiger partial charge in [0, 0.05) is 0 Å². The fraction of sp³-hybridized carbons (Fsp3) is 0.364. The molecular formula is C11H14O3. The maximum atomic E-state index is 10.8. The molecule has 0 saturated carbocycles. The predicted molar refractivity (Wildman–Crippen MR) is 53.2 cm³/mol. The number of phenolic OH excluding ortho intramolecular Hbond substituents is 1. The van der Waals surface area contributed by atoms with Crippen LogP contribution in [0.25, 0.3) is 0 Å². The van der Waals surface area contributed by atoms with Crippen molar-refractivity contribution in [2.24, 2.45) is 5.92 Å². The first-order chi connectivity index (χ1) is 6.63. The zero-order valence-electron chi connectivity index (χ0n) is 8.10. The highest BCUT2D eigenvalue weighted by atomic mass is 16.4. The van der Waals surface area contributed by atoms with Crippen LogP contribution in [0.15, 0.2) is 24.3 Å². The lowest BCUT2D eigenvalue weighted by molar-refractivity contribution is -0.141. The molecule has 0 amide bonds. The van der Waals surface area contributed by atoms with Gasteiger partial charge in [-0.25, -0.2) is 0 Å². The molecule has 0 spiro atoms. The molecule has 0 aliphatic rings. The first-order valence-electron chi connectivity index (χ1n) is 4.64. The van der Waals surface area contributed by atoms with Crippen LogP contribution in [0, 0.1) is 5.92 Å². The lowest BCUT2D eigenvalue weighted by Gasteiger charge is -2.09. The van der Waals surface area contributed by atoms with E-state index in [1.54, 1.807) is 18.2 Å². The summed E-state index contributed by atoms with van der Waals surface area (Å²) >= 11 is 0. The molecule has 1 unspecified atom stereocenters. The summed E-state index contributed by atoms with van der Waals surface area (Å²) < 4.78 is 0. The van der Waals surface area contributed by atoms with Crippen LogP contribution in [-0.4, -0.2) is 16.2 Å². The summed E-state index contributed by atoms with van der Waals surface area (Å²) in [6.45, 7) is 1.85. The zero-order valence-corrected chi connectivity index (χ0v) is 8.10. The molecule has 0 fully saturated rings. The number of aromatic hydroxyl groups is 1. The van der Waals surface area contributed by atoms with Gasteiger partial charge in [0.2, 0.25) is 0 Å². The van der Waals surface area contributed by atoms with Gasteiger partial charge in [0.25, 0.3) is 0 Å². The quantitative estimate of drug-likeness (QED) is 0.771. The third-order valence-corrected chi connectivity index (χ3v) is 2.23. The summed E-state index contributed by atoms with van der Waals surface area (Å²) in [6, 6.07) is 6.72. The Morgan fingerprint density at radius 3 is 2.71 bits per heavy atom. The third kappa shape index (κ3) is 2.76. The zero-order chi connectivity index (χ0) is 10.6. The Bertz CT molecular complexity index is 320. The Hall–Kier alpha value is -1.51. The van der Waals surface area contributed by atoms with E-state index in [0.717, 1.165) is 5.56 Å². The molecular weight excluding hydrogens is 180 g/mol. The van der Waals surface area contributed by atoms with E-state index in [2.05, 4.69) is 0 Å². The molecule has 3 heteroatoms. The van der Waals surface area contributed by atoms with Gasteiger partial charge in [0.15, 0.2) is 0 Å². The normalized spacial score (nSPS) is 12.4. The maximum Gasteiger partial charge on any atom is 0.306 e. The molecule has 1 aromatic rings. The second kappa shape index (κ2) is 4.65. The van der Waals surface area contributed by atoms with Crippen LogP contribution in [0.1, 0.15) is 18.9 Å². The largest absolute Gasteiger partial charge is 0.508 e. The van der Waals surface area contributed by atoms with Crippen LogP contribution >= 0.6 is 0 Å². The van der Waals surface area contributed by atoms with Crippen molar-refractivity contribution >= 4 is 5.97 Å². The van der Waals surface area contributed by atoms with Crippen molar-refractivity contribution in [3.63, 3.8) is 0 Å². The standard InChI is InChI=1S/C11H14O3/c1-2-9(11(13)14)6-8-4-3-5-10(12)7-8/h3-5,7,9,12H,2,6H2,1H3,(H,13,14). The number of carbonyl (C=O) groups is 1. The smallest absolute Gasteiger partial charge is 0.306 e. The van der Waals surface area contributed by atoms with Crippen molar-refractivity contribution in [2.45, 2.75) is 19.8 Å². The van der Waals surface area contributed by atoms with Crippen molar-refractivity contribution in [1.29, 1.82) is 0 Å². The van der Waals surface area contributed by atoms with E-state index < -0.39 is 5.97 Å². The van der Waals surface area contributed by atoms with Crippen LogP contribution in [0.5, 0.6) is 5.75 Å². The molecule has 0 aliphatic heterocycles. The molecule has 1 rings (SSSR count). The van der Waals surface area contributed by atoms with Gasteiger partial charge in [0.05, 0.1) is 5.92 Å². The molecule has 0 aliphatic carbocycles. The number of phenols is 1. The highest BCUT2D eigenvalue weighted by Gasteiger charge is 2.15. The molecule has 2 N–H and O–H groups in total. The maximum absolute atomic E-state index is 10.8. The Morgan fingerprint density at radius 2 is 2.21 bits per heavy atom. The van der Waals surface area contributed by atoms with Crippen LogP contribution in [-0.2, 0) is 11.2 Å². The van der Waals surface area contributed by atoms with Crippen molar-refractivity contribution < 1.29 is 15.0 Å². The van der Waals surface area contributed by atoms with Crippen molar-refractivity contribution in [1.82, 2.24) is 0 Å². The van der Waals surface area contributed by atoms with Crippen LogP contribution in [0.2, 0.25) is 0 Å². The second-order valence-corrected chi connectivity index (χ2v) is 3.32. The van der Waals surface area contributed by atoms with Gasteiger partial charge in [-0.05, 0) is 30.5 Å². The van der Waals surface area contributed by atoms with E-state index in [1.165, 1.54) is 0 Å². The molecule has 0 heterocycles. The summed E-state index contributed by atoms with van der Waals surface area (Å²) in [5.41, 5.74) is 0.860. The minimum absolute atomic E-state index is 0.183. The average Bonchev–Trinajstić information content (AvgIpc) is 2.14. The number of carboxylic acid groups (broad SMARTS) is 1. The fourth-order valence-electron chi connectivity index (χ4n) is 1.37. The van der Waals surface area contributed by atoms with Gasteiger partial charge < -0.3 is 10.2 Å². The summed E-state index contributed by atoms with van der Waals surface area (Å²) in [5.74, 6) is -0.963. The number of rotatable bonds is 4.